The Morgan fingerprint density at radius 1 is 1.45 bits per heavy atom. The summed E-state index contributed by atoms with van der Waals surface area (Å²) in [5.74, 6) is 0. The second-order valence-corrected chi connectivity index (χ2v) is 7.62. The number of nitrogen functional groups attached to an aromatic ring is 1. The predicted molar refractivity (Wildman–Crippen MR) is 79.3 cm³/mol. The van der Waals surface area contributed by atoms with E-state index in [2.05, 4.69) is 0 Å². The van der Waals surface area contributed by atoms with Crippen molar-refractivity contribution < 1.29 is 13.2 Å². The molecule has 0 aromatic heterocycles. The molecular weight excluding hydrogens is 300 g/mol. The first-order chi connectivity index (χ1) is 9.28. The SMILES string of the molecule is COC1(C)CCCN(S(=O)(=O)c2ccc(N)c(Cl)c2)C1. The third kappa shape index (κ3) is 2.93. The van der Waals surface area contributed by atoms with E-state index in [0.29, 0.717) is 18.8 Å². The van der Waals surface area contributed by atoms with Crippen LogP contribution in [-0.4, -0.2) is 38.5 Å². The van der Waals surface area contributed by atoms with Crippen LogP contribution in [0.25, 0.3) is 0 Å². The summed E-state index contributed by atoms with van der Waals surface area (Å²) in [6.07, 6.45) is 1.62. The molecule has 0 bridgehead atoms. The zero-order valence-electron chi connectivity index (χ0n) is 11.6. The molecular formula is C13H19ClN2O3S. The van der Waals surface area contributed by atoms with Gasteiger partial charge in [0.05, 0.1) is 21.2 Å². The molecule has 5 nitrogen and oxygen atoms in total. The van der Waals surface area contributed by atoms with Crippen LogP contribution in [0.4, 0.5) is 5.69 Å². The van der Waals surface area contributed by atoms with Crippen molar-refractivity contribution in [3.63, 3.8) is 0 Å². The highest BCUT2D eigenvalue weighted by Gasteiger charge is 2.37. The van der Waals surface area contributed by atoms with Crippen molar-refractivity contribution in [1.29, 1.82) is 0 Å². The predicted octanol–water partition coefficient (Wildman–Crippen LogP) is 2.11. The van der Waals surface area contributed by atoms with E-state index < -0.39 is 15.6 Å². The fraction of sp³-hybridized carbons (Fsp3) is 0.538. The van der Waals surface area contributed by atoms with E-state index >= 15 is 0 Å². The van der Waals surface area contributed by atoms with Crippen LogP contribution in [0.1, 0.15) is 19.8 Å². The zero-order chi connectivity index (χ0) is 15.0. The molecule has 112 valence electrons. The van der Waals surface area contributed by atoms with Crippen LogP contribution < -0.4 is 5.73 Å². The number of methoxy groups -OCH3 is 1. The van der Waals surface area contributed by atoms with Crippen LogP contribution in [-0.2, 0) is 14.8 Å². The van der Waals surface area contributed by atoms with Crippen molar-refractivity contribution >= 4 is 27.3 Å². The van der Waals surface area contributed by atoms with Crippen molar-refractivity contribution in [3.8, 4) is 0 Å². The Hall–Kier alpha value is -0.820. The topological polar surface area (TPSA) is 72.6 Å². The molecule has 20 heavy (non-hydrogen) atoms. The highest BCUT2D eigenvalue weighted by Crippen LogP contribution is 2.30. The maximum Gasteiger partial charge on any atom is 0.243 e. The van der Waals surface area contributed by atoms with Gasteiger partial charge in [-0.2, -0.15) is 4.31 Å². The van der Waals surface area contributed by atoms with Gasteiger partial charge in [-0.05, 0) is 38.0 Å². The van der Waals surface area contributed by atoms with Crippen molar-refractivity contribution in [2.24, 2.45) is 0 Å². The average molecular weight is 319 g/mol. The smallest absolute Gasteiger partial charge is 0.243 e. The number of hydrogen-bond acceptors (Lipinski definition) is 4. The molecule has 2 rings (SSSR count). The van der Waals surface area contributed by atoms with Crippen molar-refractivity contribution in [2.75, 3.05) is 25.9 Å². The van der Waals surface area contributed by atoms with Gasteiger partial charge in [-0.15, -0.1) is 0 Å². The fourth-order valence-electron chi connectivity index (χ4n) is 2.35. The minimum absolute atomic E-state index is 0.164. The zero-order valence-corrected chi connectivity index (χ0v) is 13.2. The van der Waals surface area contributed by atoms with Gasteiger partial charge in [0.2, 0.25) is 10.0 Å². The quantitative estimate of drug-likeness (QED) is 0.866. The number of piperidine rings is 1. The summed E-state index contributed by atoms with van der Waals surface area (Å²) in [6, 6.07) is 4.38. The van der Waals surface area contributed by atoms with E-state index in [1.54, 1.807) is 7.11 Å². The molecule has 0 saturated carbocycles. The molecule has 1 aromatic rings. The summed E-state index contributed by atoms with van der Waals surface area (Å²) in [4.78, 5) is 0.164. The fourth-order valence-corrected chi connectivity index (χ4v) is 4.21. The van der Waals surface area contributed by atoms with Crippen molar-refractivity contribution in [2.45, 2.75) is 30.3 Å². The third-order valence-corrected chi connectivity index (χ3v) is 5.89. The minimum atomic E-state index is -3.57. The normalized spacial score (nSPS) is 24.8. The standard InChI is InChI=1S/C13H19ClN2O3S/c1-13(19-2)6-3-7-16(9-13)20(17,18)10-4-5-12(15)11(14)8-10/h4-5,8H,3,6-7,9,15H2,1-2H3. The first kappa shape index (κ1) is 15.6. The van der Waals surface area contributed by atoms with Crippen molar-refractivity contribution in [3.05, 3.63) is 23.2 Å². The first-order valence-electron chi connectivity index (χ1n) is 6.39. The highest BCUT2D eigenvalue weighted by molar-refractivity contribution is 7.89. The maximum absolute atomic E-state index is 12.6. The summed E-state index contributed by atoms with van der Waals surface area (Å²) >= 11 is 5.91. The Bertz CT molecular complexity index is 606. The van der Waals surface area contributed by atoms with Gasteiger partial charge in [-0.25, -0.2) is 8.42 Å². The van der Waals surface area contributed by atoms with Gasteiger partial charge in [0, 0.05) is 20.2 Å². The first-order valence-corrected chi connectivity index (χ1v) is 8.21. The molecule has 0 aliphatic carbocycles. The minimum Gasteiger partial charge on any atom is -0.398 e. The summed E-state index contributed by atoms with van der Waals surface area (Å²) < 4.78 is 32.1. The van der Waals surface area contributed by atoms with Gasteiger partial charge in [-0.3, -0.25) is 0 Å². The second-order valence-electron chi connectivity index (χ2n) is 5.28. The molecule has 2 N–H and O–H groups in total. The van der Waals surface area contributed by atoms with Gasteiger partial charge in [-0.1, -0.05) is 11.6 Å². The Kier molecular flexibility index (Phi) is 4.30. The van der Waals surface area contributed by atoms with Crippen LogP contribution in [0.15, 0.2) is 23.1 Å². The van der Waals surface area contributed by atoms with E-state index in [4.69, 9.17) is 22.1 Å². The van der Waals surface area contributed by atoms with Gasteiger partial charge in [0.15, 0.2) is 0 Å². The molecule has 0 spiro atoms. The molecule has 1 aliphatic heterocycles. The van der Waals surface area contributed by atoms with Crippen LogP contribution >= 0.6 is 11.6 Å². The number of rotatable bonds is 3. The number of ether oxygens (including phenoxy) is 1. The molecule has 1 atom stereocenters. The maximum atomic E-state index is 12.6. The number of sulfonamides is 1. The average Bonchev–Trinajstić information content (AvgIpc) is 2.42. The Labute approximate surface area is 124 Å². The van der Waals surface area contributed by atoms with Crippen LogP contribution in [0, 0.1) is 0 Å². The van der Waals surface area contributed by atoms with E-state index in [1.165, 1.54) is 22.5 Å². The van der Waals surface area contributed by atoms with E-state index in [1.807, 2.05) is 6.92 Å². The summed E-state index contributed by atoms with van der Waals surface area (Å²) in [5.41, 5.74) is 5.54. The summed E-state index contributed by atoms with van der Waals surface area (Å²) in [7, 11) is -1.96. The Morgan fingerprint density at radius 3 is 2.75 bits per heavy atom. The molecule has 7 heteroatoms. The van der Waals surface area contributed by atoms with Crippen molar-refractivity contribution in [1.82, 2.24) is 4.31 Å². The summed E-state index contributed by atoms with van der Waals surface area (Å²) in [6.45, 7) is 2.75. The molecule has 1 saturated heterocycles. The third-order valence-electron chi connectivity index (χ3n) is 3.73. The van der Waals surface area contributed by atoms with E-state index in [0.717, 1.165) is 12.8 Å². The molecule has 1 unspecified atom stereocenters. The van der Waals surface area contributed by atoms with Crippen LogP contribution in [0.2, 0.25) is 5.02 Å². The number of anilines is 1. The molecule has 1 aliphatic rings. The largest absolute Gasteiger partial charge is 0.398 e. The van der Waals surface area contributed by atoms with E-state index in [9.17, 15) is 8.42 Å². The van der Waals surface area contributed by atoms with Gasteiger partial charge in [0.1, 0.15) is 0 Å². The lowest BCUT2D eigenvalue weighted by atomic mass is 9.96. The number of nitrogens with two attached hydrogens (primary N) is 1. The van der Waals surface area contributed by atoms with Crippen LogP contribution in [0.5, 0.6) is 0 Å². The van der Waals surface area contributed by atoms with Crippen LogP contribution in [0.3, 0.4) is 0 Å². The molecule has 1 aromatic carbocycles. The molecule has 1 fully saturated rings. The van der Waals surface area contributed by atoms with Gasteiger partial charge in [0.25, 0.3) is 0 Å². The number of nitrogens with zero attached hydrogens (tertiary/aromatic N) is 1. The number of halogens is 1. The second kappa shape index (κ2) is 5.52. The lowest BCUT2D eigenvalue weighted by Gasteiger charge is -2.38. The Balaban J connectivity index is 2.32. The van der Waals surface area contributed by atoms with E-state index in [-0.39, 0.29) is 9.92 Å². The molecule has 1 heterocycles. The monoisotopic (exact) mass is 318 g/mol. The Morgan fingerprint density at radius 2 is 2.15 bits per heavy atom. The highest BCUT2D eigenvalue weighted by atomic mass is 35.5. The van der Waals surface area contributed by atoms with Gasteiger partial charge >= 0.3 is 0 Å². The number of benzene rings is 1. The van der Waals surface area contributed by atoms with Gasteiger partial charge < -0.3 is 10.5 Å². The molecule has 0 amide bonds. The lowest BCUT2D eigenvalue weighted by Crippen LogP contribution is -2.49. The molecule has 0 radical (unpaired) electrons. The lowest BCUT2D eigenvalue weighted by molar-refractivity contribution is -0.0319. The summed E-state index contributed by atoms with van der Waals surface area (Å²) in [5, 5.41) is 0.248. The number of hydrogen-bond donors (Lipinski definition) is 1.